The number of carbonyl (C=O) groups is 2. The first-order valence-corrected chi connectivity index (χ1v) is 8.38. The van der Waals surface area contributed by atoms with Crippen LogP contribution in [0.2, 0.25) is 5.02 Å². The Morgan fingerprint density at radius 3 is 2.52 bits per heavy atom. The molecule has 2 rings (SSSR count). The number of thiazole rings is 1. The number of carbonyl (C=O) groups excluding carboxylic acids is 1. The fourth-order valence-corrected chi connectivity index (χ4v) is 2.98. The van der Waals surface area contributed by atoms with Gasteiger partial charge in [0.25, 0.3) is 5.91 Å². The topological polar surface area (TPSA) is 70.5 Å². The molecule has 0 unspecified atom stereocenters. The first-order chi connectivity index (χ1) is 10.9. The van der Waals surface area contributed by atoms with E-state index in [4.69, 9.17) is 16.7 Å². The van der Waals surface area contributed by atoms with Crippen LogP contribution in [0.15, 0.2) is 29.6 Å². The summed E-state index contributed by atoms with van der Waals surface area (Å²) in [4.78, 5) is 29.2. The predicted octanol–water partition coefficient (Wildman–Crippen LogP) is 3.79. The van der Waals surface area contributed by atoms with Gasteiger partial charge >= 0.3 is 5.97 Å². The maximum atomic E-state index is 12.6. The van der Waals surface area contributed by atoms with Gasteiger partial charge in [-0.15, -0.1) is 11.3 Å². The lowest BCUT2D eigenvalue weighted by molar-refractivity contribution is -0.137. The lowest BCUT2D eigenvalue weighted by Gasteiger charge is -2.25. The minimum Gasteiger partial charge on any atom is -0.481 e. The second-order valence-corrected chi connectivity index (χ2v) is 6.58. The minimum atomic E-state index is -0.927. The quantitative estimate of drug-likeness (QED) is 0.858. The molecule has 0 fully saturated rings. The summed E-state index contributed by atoms with van der Waals surface area (Å²) in [5, 5.41) is 11.9. The lowest BCUT2D eigenvalue weighted by Crippen LogP contribution is -2.38. The van der Waals surface area contributed by atoms with Gasteiger partial charge in [0.1, 0.15) is 10.7 Å². The highest BCUT2D eigenvalue weighted by atomic mass is 35.5. The van der Waals surface area contributed by atoms with E-state index in [2.05, 4.69) is 4.98 Å². The zero-order chi connectivity index (χ0) is 17.0. The third-order valence-electron chi connectivity index (χ3n) is 3.27. The second-order valence-electron chi connectivity index (χ2n) is 5.28. The van der Waals surface area contributed by atoms with Crippen molar-refractivity contribution in [2.45, 2.75) is 26.3 Å². The van der Waals surface area contributed by atoms with Crippen LogP contribution < -0.4 is 0 Å². The number of carboxylic acid groups (broad SMARTS) is 1. The molecule has 0 aliphatic carbocycles. The highest BCUT2D eigenvalue weighted by molar-refractivity contribution is 7.13. The number of nitrogens with zero attached hydrogens (tertiary/aromatic N) is 2. The van der Waals surface area contributed by atoms with Crippen LogP contribution in [-0.4, -0.2) is 39.5 Å². The molecule has 1 amide bonds. The van der Waals surface area contributed by atoms with E-state index in [1.807, 2.05) is 26.0 Å². The Labute approximate surface area is 143 Å². The van der Waals surface area contributed by atoms with E-state index in [1.165, 1.54) is 16.2 Å². The summed E-state index contributed by atoms with van der Waals surface area (Å²) >= 11 is 7.24. The van der Waals surface area contributed by atoms with Crippen LogP contribution in [0.1, 0.15) is 30.8 Å². The van der Waals surface area contributed by atoms with Gasteiger partial charge in [-0.05, 0) is 26.0 Å². The fourth-order valence-electron chi connectivity index (χ4n) is 2.05. The molecule has 0 radical (unpaired) electrons. The molecular weight excluding hydrogens is 336 g/mol. The van der Waals surface area contributed by atoms with Crippen molar-refractivity contribution in [1.29, 1.82) is 0 Å². The van der Waals surface area contributed by atoms with Crippen molar-refractivity contribution in [2.75, 3.05) is 6.54 Å². The molecule has 5 nitrogen and oxygen atoms in total. The van der Waals surface area contributed by atoms with E-state index in [9.17, 15) is 9.59 Å². The van der Waals surface area contributed by atoms with Crippen molar-refractivity contribution >= 4 is 34.8 Å². The molecule has 1 N–H and O–H groups in total. The molecule has 0 bridgehead atoms. The van der Waals surface area contributed by atoms with Crippen LogP contribution in [0.4, 0.5) is 0 Å². The van der Waals surface area contributed by atoms with Crippen molar-refractivity contribution < 1.29 is 14.7 Å². The van der Waals surface area contributed by atoms with Crippen LogP contribution >= 0.6 is 22.9 Å². The molecule has 0 aliphatic heterocycles. The minimum absolute atomic E-state index is 0.0852. The summed E-state index contributed by atoms with van der Waals surface area (Å²) in [6, 6.07) is 7.14. The first kappa shape index (κ1) is 17.4. The molecule has 0 saturated carbocycles. The van der Waals surface area contributed by atoms with Crippen molar-refractivity contribution in [2.24, 2.45) is 0 Å². The Bertz CT molecular complexity index is 698. The summed E-state index contributed by atoms with van der Waals surface area (Å²) in [6.07, 6.45) is -0.0852. The molecule has 1 aromatic heterocycles. The second kappa shape index (κ2) is 7.57. The van der Waals surface area contributed by atoms with E-state index >= 15 is 0 Å². The SMILES string of the molecule is CC(C)N(CCC(=O)O)C(=O)c1csc(-c2ccc(Cl)cc2)n1. The fraction of sp³-hybridized carbons (Fsp3) is 0.312. The number of amides is 1. The number of hydrogen-bond donors (Lipinski definition) is 1. The van der Waals surface area contributed by atoms with Crippen molar-refractivity contribution in [1.82, 2.24) is 9.88 Å². The molecule has 1 aromatic carbocycles. The zero-order valence-electron chi connectivity index (χ0n) is 12.8. The van der Waals surface area contributed by atoms with Gasteiger partial charge < -0.3 is 10.0 Å². The number of aliphatic carboxylic acids is 1. The Morgan fingerprint density at radius 2 is 1.96 bits per heavy atom. The van der Waals surface area contributed by atoms with Gasteiger partial charge in [-0.25, -0.2) is 4.98 Å². The normalized spacial score (nSPS) is 10.8. The third-order valence-corrected chi connectivity index (χ3v) is 4.41. The van der Waals surface area contributed by atoms with E-state index in [0.717, 1.165) is 10.6 Å². The number of carboxylic acids is 1. The molecule has 122 valence electrons. The average Bonchev–Trinajstić information content (AvgIpc) is 2.97. The van der Waals surface area contributed by atoms with E-state index in [-0.39, 0.29) is 24.9 Å². The molecule has 23 heavy (non-hydrogen) atoms. The third kappa shape index (κ3) is 4.53. The molecule has 1 heterocycles. The van der Waals surface area contributed by atoms with Crippen LogP contribution in [0.25, 0.3) is 10.6 Å². The summed E-state index contributed by atoms with van der Waals surface area (Å²) in [5.74, 6) is -1.18. The van der Waals surface area contributed by atoms with Gasteiger partial charge in [-0.3, -0.25) is 9.59 Å². The average molecular weight is 353 g/mol. The van der Waals surface area contributed by atoms with Gasteiger partial charge in [-0.1, -0.05) is 23.7 Å². The van der Waals surface area contributed by atoms with E-state index in [1.54, 1.807) is 17.5 Å². The molecule has 0 aliphatic rings. The monoisotopic (exact) mass is 352 g/mol. The predicted molar refractivity (Wildman–Crippen MR) is 91.0 cm³/mol. The molecule has 7 heteroatoms. The standard InChI is InChI=1S/C16H17ClN2O3S/c1-10(2)19(8-7-14(20)21)16(22)13-9-23-15(18-13)11-3-5-12(17)6-4-11/h3-6,9-10H,7-8H2,1-2H3,(H,20,21). The summed E-state index contributed by atoms with van der Waals surface area (Å²) in [5.41, 5.74) is 1.22. The summed E-state index contributed by atoms with van der Waals surface area (Å²) in [6.45, 7) is 3.87. The van der Waals surface area contributed by atoms with E-state index < -0.39 is 5.97 Å². The van der Waals surface area contributed by atoms with Crippen LogP contribution in [-0.2, 0) is 4.79 Å². The van der Waals surface area contributed by atoms with Gasteiger partial charge in [0.05, 0.1) is 6.42 Å². The molecule has 2 aromatic rings. The largest absolute Gasteiger partial charge is 0.481 e. The molecular formula is C16H17ClN2O3S. The summed E-state index contributed by atoms with van der Waals surface area (Å²) in [7, 11) is 0. The Balaban J connectivity index is 2.18. The van der Waals surface area contributed by atoms with Gasteiger partial charge in [0, 0.05) is 28.6 Å². The van der Waals surface area contributed by atoms with Gasteiger partial charge in [0.2, 0.25) is 0 Å². The van der Waals surface area contributed by atoms with Crippen molar-refractivity contribution in [3.8, 4) is 10.6 Å². The highest BCUT2D eigenvalue weighted by Gasteiger charge is 2.22. The maximum Gasteiger partial charge on any atom is 0.305 e. The van der Waals surface area contributed by atoms with Crippen LogP contribution in [0.5, 0.6) is 0 Å². The summed E-state index contributed by atoms with van der Waals surface area (Å²) < 4.78 is 0. The van der Waals surface area contributed by atoms with E-state index in [0.29, 0.717) is 10.7 Å². The number of aromatic nitrogens is 1. The Morgan fingerprint density at radius 1 is 1.30 bits per heavy atom. The Hall–Kier alpha value is -1.92. The number of benzene rings is 1. The number of halogens is 1. The Kier molecular flexibility index (Phi) is 5.74. The molecule has 0 saturated heterocycles. The lowest BCUT2D eigenvalue weighted by atomic mass is 10.2. The molecule has 0 atom stereocenters. The van der Waals surface area contributed by atoms with Crippen LogP contribution in [0.3, 0.4) is 0 Å². The smallest absolute Gasteiger partial charge is 0.305 e. The molecule has 0 spiro atoms. The van der Waals surface area contributed by atoms with Gasteiger partial charge in [-0.2, -0.15) is 0 Å². The van der Waals surface area contributed by atoms with Crippen LogP contribution in [0, 0.1) is 0 Å². The highest BCUT2D eigenvalue weighted by Crippen LogP contribution is 2.25. The van der Waals surface area contributed by atoms with Crippen molar-refractivity contribution in [3.63, 3.8) is 0 Å². The maximum absolute atomic E-state index is 12.6. The first-order valence-electron chi connectivity index (χ1n) is 7.12. The number of hydrogen-bond acceptors (Lipinski definition) is 4. The van der Waals surface area contributed by atoms with Crippen molar-refractivity contribution in [3.05, 3.63) is 40.4 Å². The number of rotatable bonds is 6. The zero-order valence-corrected chi connectivity index (χ0v) is 14.4. The van der Waals surface area contributed by atoms with Gasteiger partial charge in [0.15, 0.2) is 0 Å².